The second kappa shape index (κ2) is 6.12. The van der Waals surface area contributed by atoms with E-state index >= 15 is 0 Å². The number of hydrogen-bond donors (Lipinski definition) is 2. The molecule has 2 heterocycles. The van der Waals surface area contributed by atoms with Crippen molar-refractivity contribution in [3.8, 4) is 0 Å². The molecule has 0 saturated carbocycles. The van der Waals surface area contributed by atoms with Gasteiger partial charge < -0.3 is 15.2 Å². The lowest BCUT2D eigenvalue weighted by molar-refractivity contribution is -0.137. The number of amides is 1. The van der Waals surface area contributed by atoms with E-state index in [-0.39, 0.29) is 18.4 Å². The van der Waals surface area contributed by atoms with Gasteiger partial charge >= 0.3 is 5.97 Å². The van der Waals surface area contributed by atoms with Crippen molar-refractivity contribution in [2.75, 3.05) is 6.61 Å². The molecule has 0 radical (unpaired) electrons. The molecule has 1 fully saturated rings. The minimum Gasteiger partial charge on any atom is -0.481 e. The fraction of sp³-hybridized carbons (Fsp3) is 0.583. The summed E-state index contributed by atoms with van der Waals surface area (Å²) in [6.07, 6.45) is 1.85. The zero-order chi connectivity index (χ0) is 13.8. The molecular formula is C12H16N2O4S. The Labute approximate surface area is 114 Å². The van der Waals surface area contributed by atoms with Crippen LogP contribution in [0.1, 0.15) is 47.8 Å². The Morgan fingerprint density at radius 1 is 1.68 bits per heavy atom. The Morgan fingerprint density at radius 3 is 3.11 bits per heavy atom. The van der Waals surface area contributed by atoms with Crippen molar-refractivity contribution in [1.82, 2.24) is 10.3 Å². The van der Waals surface area contributed by atoms with Gasteiger partial charge in [-0.2, -0.15) is 0 Å². The Hall–Kier alpha value is -1.47. The molecule has 0 aromatic carbocycles. The second-order valence-electron chi connectivity index (χ2n) is 4.55. The van der Waals surface area contributed by atoms with Gasteiger partial charge in [0.25, 0.3) is 5.91 Å². The van der Waals surface area contributed by atoms with Crippen LogP contribution in [0.2, 0.25) is 0 Å². The van der Waals surface area contributed by atoms with Gasteiger partial charge in [0.2, 0.25) is 0 Å². The maximum atomic E-state index is 11.9. The molecule has 1 amide bonds. The summed E-state index contributed by atoms with van der Waals surface area (Å²) < 4.78 is 5.50. The highest BCUT2D eigenvalue weighted by Gasteiger charge is 2.23. The molecule has 1 aliphatic rings. The summed E-state index contributed by atoms with van der Waals surface area (Å²) in [6, 6.07) is -0.419. The van der Waals surface area contributed by atoms with Crippen molar-refractivity contribution in [1.29, 1.82) is 0 Å². The van der Waals surface area contributed by atoms with Gasteiger partial charge in [0.15, 0.2) is 0 Å². The van der Waals surface area contributed by atoms with Gasteiger partial charge in [0.05, 0.1) is 6.42 Å². The van der Waals surface area contributed by atoms with E-state index in [9.17, 15) is 9.59 Å². The number of carbonyl (C=O) groups is 2. The average Bonchev–Trinajstić information content (AvgIpc) is 2.99. The van der Waals surface area contributed by atoms with Gasteiger partial charge in [-0.1, -0.05) is 0 Å². The second-order valence-corrected chi connectivity index (χ2v) is 5.43. The minimum absolute atomic E-state index is 0.00277. The van der Waals surface area contributed by atoms with Crippen molar-refractivity contribution < 1.29 is 19.4 Å². The van der Waals surface area contributed by atoms with E-state index in [2.05, 4.69) is 10.3 Å². The number of thiazole rings is 1. The van der Waals surface area contributed by atoms with Crippen molar-refractivity contribution >= 4 is 23.2 Å². The van der Waals surface area contributed by atoms with Crippen LogP contribution in [0.3, 0.4) is 0 Å². The summed E-state index contributed by atoms with van der Waals surface area (Å²) in [4.78, 5) is 26.6. The first-order valence-corrected chi connectivity index (χ1v) is 7.04. The summed E-state index contributed by atoms with van der Waals surface area (Å²) in [5.41, 5.74) is 0.327. The van der Waals surface area contributed by atoms with E-state index in [4.69, 9.17) is 9.84 Å². The van der Waals surface area contributed by atoms with Crippen LogP contribution in [0.15, 0.2) is 5.38 Å². The van der Waals surface area contributed by atoms with Crippen molar-refractivity contribution in [2.24, 2.45) is 0 Å². The van der Waals surface area contributed by atoms with E-state index in [0.29, 0.717) is 5.69 Å². The largest absolute Gasteiger partial charge is 0.481 e. The van der Waals surface area contributed by atoms with Crippen LogP contribution in [-0.2, 0) is 9.53 Å². The Morgan fingerprint density at radius 2 is 2.47 bits per heavy atom. The van der Waals surface area contributed by atoms with E-state index in [0.717, 1.165) is 24.5 Å². The topological polar surface area (TPSA) is 88.5 Å². The summed E-state index contributed by atoms with van der Waals surface area (Å²) in [6.45, 7) is 2.39. The minimum atomic E-state index is -0.939. The quantitative estimate of drug-likeness (QED) is 0.857. The number of carbonyl (C=O) groups excluding carboxylic acids is 1. The lowest BCUT2D eigenvalue weighted by atomic mass is 10.2. The standard InChI is InChI=1S/C12H16N2O4S/c1-7(5-10(15)16)13-11(17)8-6-19-12(14-8)9-3-2-4-18-9/h6-7,9H,2-5H2,1H3,(H,13,17)(H,15,16). The van der Waals surface area contributed by atoms with Crippen LogP contribution in [0.5, 0.6) is 0 Å². The number of nitrogens with zero attached hydrogens (tertiary/aromatic N) is 1. The zero-order valence-electron chi connectivity index (χ0n) is 10.6. The molecule has 104 valence electrons. The van der Waals surface area contributed by atoms with Crippen LogP contribution in [0.4, 0.5) is 0 Å². The molecule has 1 aromatic rings. The van der Waals surface area contributed by atoms with Gasteiger partial charge in [0.1, 0.15) is 16.8 Å². The predicted molar refractivity (Wildman–Crippen MR) is 69.2 cm³/mol. The van der Waals surface area contributed by atoms with Crippen molar-refractivity contribution in [2.45, 2.75) is 38.3 Å². The number of nitrogens with one attached hydrogen (secondary N) is 1. The third-order valence-corrected chi connectivity index (χ3v) is 3.75. The van der Waals surface area contributed by atoms with Crippen LogP contribution in [0, 0.1) is 0 Å². The number of carboxylic acids is 1. The van der Waals surface area contributed by atoms with Gasteiger partial charge in [0, 0.05) is 18.0 Å². The number of aliphatic carboxylic acids is 1. The molecule has 2 N–H and O–H groups in total. The SMILES string of the molecule is CC(CC(=O)O)NC(=O)c1csc(C2CCCO2)n1. The lowest BCUT2D eigenvalue weighted by Crippen LogP contribution is -2.34. The molecule has 1 aromatic heterocycles. The molecule has 0 bridgehead atoms. The molecule has 19 heavy (non-hydrogen) atoms. The average molecular weight is 284 g/mol. The van der Waals surface area contributed by atoms with Gasteiger partial charge in [-0.25, -0.2) is 4.98 Å². The molecule has 2 rings (SSSR count). The van der Waals surface area contributed by atoms with Gasteiger partial charge in [-0.15, -0.1) is 11.3 Å². The van der Waals surface area contributed by atoms with E-state index < -0.39 is 12.0 Å². The Balaban J connectivity index is 1.94. The third-order valence-electron chi connectivity index (χ3n) is 2.82. The van der Waals surface area contributed by atoms with E-state index in [1.165, 1.54) is 11.3 Å². The molecule has 6 nitrogen and oxygen atoms in total. The molecule has 7 heteroatoms. The Kier molecular flexibility index (Phi) is 4.49. The maximum absolute atomic E-state index is 11.9. The number of ether oxygens (including phenoxy) is 1. The van der Waals surface area contributed by atoms with Crippen LogP contribution in [0.25, 0.3) is 0 Å². The Bertz CT molecular complexity index is 468. The first-order valence-electron chi connectivity index (χ1n) is 6.16. The first kappa shape index (κ1) is 14.0. The molecule has 0 spiro atoms. The van der Waals surface area contributed by atoms with Crippen LogP contribution < -0.4 is 5.32 Å². The van der Waals surface area contributed by atoms with Gasteiger partial charge in [-0.05, 0) is 19.8 Å². The third kappa shape index (κ3) is 3.74. The maximum Gasteiger partial charge on any atom is 0.305 e. The molecule has 1 saturated heterocycles. The highest BCUT2D eigenvalue weighted by Crippen LogP contribution is 2.30. The predicted octanol–water partition coefficient (Wildman–Crippen LogP) is 1.59. The first-order chi connectivity index (χ1) is 9.06. The highest BCUT2D eigenvalue weighted by atomic mass is 32.1. The van der Waals surface area contributed by atoms with Gasteiger partial charge in [-0.3, -0.25) is 9.59 Å². The molecule has 0 aliphatic carbocycles. The molecule has 2 atom stereocenters. The number of carboxylic acid groups (broad SMARTS) is 1. The summed E-state index contributed by atoms with van der Waals surface area (Å²) in [7, 11) is 0. The number of aromatic nitrogens is 1. The summed E-state index contributed by atoms with van der Waals surface area (Å²) in [5, 5.41) is 13.7. The lowest BCUT2D eigenvalue weighted by Gasteiger charge is -2.10. The monoisotopic (exact) mass is 284 g/mol. The van der Waals surface area contributed by atoms with E-state index in [1.807, 2.05) is 0 Å². The van der Waals surface area contributed by atoms with Crippen molar-refractivity contribution in [3.63, 3.8) is 0 Å². The van der Waals surface area contributed by atoms with Crippen molar-refractivity contribution in [3.05, 3.63) is 16.1 Å². The molecular weight excluding hydrogens is 268 g/mol. The summed E-state index contributed by atoms with van der Waals surface area (Å²) in [5.74, 6) is -1.28. The fourth-order valence-electron chi connectivity index (χ4n) is 1.92. The summed E-state index contributed by atoms with van der Waals surface area (Å²) >= 11 is 1.40. The number of hydrogen-bond acceptors (Lipinski definition) is 5. The van der Waals surface area contributed by atoms with Crippen LogP contribution >= 0.6 is 11.3 Å². The fourth-order valence-corrected chi connectivity index (χ4v) is 2.80. The highest BCUT2D eigenvalue weighted by molar-refractivity contribution is 7.09. The molecule has 1 aliphatic heterocycles. The zero-order valence-corrected chi connectivity index (χ0v) is 11.4. The normalized spacial score (nSPS) is 20.2. The molecule has 2 unspecified atom stereocenters. The number of rotatable bonds is 5. The smallest absolute Gasteiger partial charge is 0.305 e. The van der Waals surface area contributed by atoms with Crippen LogP contribution in [-0.4, -0.2) is 34.6 Å². The van der Waals surface area contributed by atoms with E-state index in [1.54, 1.807) is 12.3 Å².